The minimum Gasteiger partial charge on any atom is -0.386 e. The molecule has 5 aliphatic rings. The van der Waals surface area contributed by atoms with Crippen molar-refractivity contribution in [1.29, 1.82) is 0 Å². The van der Waals surface area contributed by atoms with Crippen LogP contribution in [0.2, 0.25) is 0 Å². The molecule has 1 saturated heterocycles. The molecule has 0 bridgehead atoms. The highest BCUT2D eigenvalue weighted by Gasteiger charge is 2.77. The molecule has 2 saturated carbocycles. The van der Waals surface area contributed by atoms with E-state index in [1.165, 1.54) is 0 Å². The third-order valence-electron chi connectivity index (χ3n) is 8.52. The number of epoxide rings is 1. The van der Waals surface area contributed by atoms with Gasteiger partial charge < -0.3 is 9.84 Å². The molecule has 0 amide bonds. The standard InChI is InChI=1S/C21H26O4/c1-11(22)12-6-7-13-16-14(8-10-19(12,13)2)20(3)15(23)5-4-9-21(20,24)18-17(16)25-18/h4-6,13-14,16-18,24H,7-10H2,1-3H3. The Balaban J connectivity index is 1.60. The van der Waals surface area contributed by atoms with Crippen LogP contribution in [0.5, 0.6) is 0 Å². The van der Waals surface area contributed by atoms with Crippen molar-refractivity contribution in [2.24, 2.45) is 28.6 Å². The van der Waals surface area contributed by atoms with Gasteiger partial charge in [0.2, 0.25) is 0 Å². The van der Waals surface area contributed by atoms with E-state index in [0.717, 1.165) is 24.8 Å². The molecule has 8 atom stereocenters. The minimum absolute atomic E-state index is 0.0340. The van der Waals surface area contributed by atoms with Gasteiger partial charge in [0, 0.05) is 0 Å². The van der Waals surface area contributed by atoms with Crippen molar-refractivity contribution < 1.29 is 19.4 Å². The third kappa shape index (κ3) is 1.62. The highest BCUT2D eigenvalue weighted by Crippen LogP contribution is 2.70. The zero-order valence-corrected chi connectivity index (χ0v) is 15.1. The molecular weight excluding hydrogens is 316 g/mol. The van der Waals surface area contributed by atoms with Crippen LogP contribution >= 0.6 is 0 Å². The second kappa shape index (κ2) is 4.52. The van der Waals surface area contributed by atoms with E-state index in [4.69, 9.17) is 4.74 Å². The van der Waals surface area contributed by atoms with Crippen molar-refractivity contribution >= 4 is 11.6 Å². The number of carbonyl (C=O) groups is 2. The van der Waals surface area contributed by atoms with E-state index in [-0.39, 0.29) is 41.0 Å². The zero-order chi connectivity index (χ0) is 17.8. The summed E-state index contributed by atoms with van der Waals surface area (Å²) in [6, 6.07) is 0. The summed E-state index contributed by atoms with van der Waals surface area (Å²) in [6.07, 6.45) is 8.55. The summed E-state index contributed by atoms with van der Waals surface area (Å²) >= 11 is 0. The molecule has 3 fully saturated rings. The number of hydrogen-bond donors (Lipinski definition) is 1. The number of allylic oxidation sites excluding steroid dienone is 3. The second-order valence-electron chi connectivity index (χ2n) is 9.27. The van der Waals surface area contributed by atoms with Crippen LogP contribution < -0.4 is 0 Å². The fraction of sp³-hybridized carbons (Fsp3) is 0.714. The molecule has 0 radical (unpaired) electrons. The molecule has 1 N–H and O–H groups in total. The first-order chi connectivity index (χ1) is 11.7. The molecule has 4 heteroatoms. The summed E-state index contributed by atoms with van der Waals surface area (Å²) in [6.45, 7) is 5.85. The minimum atomic E-state index is -1.08. The molecule has 0 aromatic heterocycles. The molecule has 0 aromatic rings. The number of fused-ring (bicyclic) bond motifs is 8. The smallest absolute Gasteiger partial charge is 0.164 e. The second-order valence-corrected chi connectivity index (χ2v) is 9.27. The Kier molecular flexibility index (Phi) is 2.89. The molecule has 134 valence electrons. The molecule has 5 rings (SSSR count). The SMILES string of the molecule is CC(=O)C1=CCC2C3C4OC4C4(O)CC=CC(=O)C4(C)C3CCC12C. The first-order valence-corrected chi connectivity index (χ1v) is 9.55. The van der Waals surface area contributed by atoms with Crippen molar-refractivity contribution in [3.05, 3.63) is 23.8 Å². The average molecular weight is 342 g/mol. The van der Waals surface area contributed by atoms with Gasteiger partial charge in [0.25, 0.3) is 0 Å². The molecule has 25 heavy (non-hydrogen) atoms. The fourth-order valence-electron chi connectivity index (χ4n) is 7.11. The predicted molar refractivity (Wildman–Crippen MR) is 91.7 cm³/mol. The van der Waals surface area contributed by atoms with Crippen LogP contribution in [0, 0.1) is 28.6 Å². The van der Waals surface area contributed by atoms with Crippen LogP contribution in [0.15, 0.2) is 23.8 Å². The van der Waals surface area contributed by atoms with E-state index >= 15 is 0 Å². The lowest BCUT2D eigenvalue weighted by molar-refractivity contribution is -0.179. The van der Waals surface area contributed by atoms with Crippen LogP contribution in [-0.4, -0.2) is 34.5 Å². The van der Waals surface area contributed by atoms with Gasteiger partial charge in [-0.1, -0.05) is 19.1 Å². The van der Waals surface area contributed by atoms with Crippen molar-refractivity contribution in [1.82, 2.24) is 0 Å². The highest BCUT2D eigenvalue weighted by molar-refractivity contribution is 5.97. The van der Waals surface area contributed by atoms with Crippen LogP contribution in [0.3, 0.4) is 0 Å². The summed E-state index contributed by atoms with van der Waals surface area (Å²) in [4.78, 5) is 25.1. The maximum absolute atomic E-state index is 12.9. The Hall–Kier alpha value is -1.26. The zero-order valence-electron chi connectivity index (χ0n) is 15.1. The Bertz CT molecular complexity index is 751. The van der Waals surface area contributed by atoms with Crippen molar-refractivity contribution in [3.8, 4) is 0 Å². The molecule has 1 heterocycles. The summed E-state index contributed by atoms with van der Waals surface area (Å²) in [5.41, 5.74) is -0.991. The molecule has 8 unspecified atom stereocenters. The topological polar surface area (TPSA) is 66.9 Å². The van der Waals surface area contributed by atoms with E-state index in [9.17, 15) is 14.7 Å². The molecular formula is C21H26O4. The Labute approximate surface area is 148 Å². The van der Waals surface area contributed by atoms with Gasteiger partial charge in [0.15, 0.2) is 11.6 Å². The average Bonchev–Trinajstić information content (AvgIpc) is 3.27. The van der Waals surface area contributed by atoms with E-state index in [2.05, 4.69) is 13.0 Å². The van der Waals surface area contributed by atoms with Gasteiger partial charge in [-0.05, 0) is 74.3 Å². The van der Waals surface area contributed by atoms with Crippen LogP contribution in [0.4, 0.5) is 0 Å². The summed E-state index contributed by atoms with van der Waals surface area (Å²) in [5, 5.41) is 11.5. The van der Waals surface area contributed by atoms with Crippen molar-refractivity contribution in [2.45, 2.75) is 64.3 Å². The monoisotopic (exact) mass is 342 g/mol. The Morgan fingerprint density at radius 1 is 1.32 bits per heavy atom. The summed E-state index contributed by atoms with van der Waals surface area (Å²) in [5.74, 6) is 0.924. The molecule has 0 aromatic carbocycles. The lowest BCUT2D eigenvalue weighted by atomic mass is 9.43. The number of carbonyl (C=O) groups excluding carboxylic acids is 2. The molecule has 4 nitrogen and oxygen atoms in total. The van der Waals surface area contributed by atoms with Gasteiger partial charge in [-0.3, -0.25) is 9.59 Å². The van der Waals surface area contributed by atoms with Gasteiger partial charge >= 0.3 is 0 Å². The van der Waals surface area contributed by atoms with Crippen molar-refractivity contribution in [3.63, 3.8) is 0 Å². The fourth-order valence-corrected chi connectivity index (χ4v) is 7.11. The first-order valence-electron chi connectivity index (χ1n) is 9.55. The van der Waals surface area contributed by atoms with E-state index < -0.39 is 11.0 Å². The number of ether oxygens (including phenoxy) is 1. The lowest BCUT2D eigenvalue weighted by Crippen LogP contribution is -2.67. The number of aliphatic hydroxyl groups is 1. The number of Topliss-reactive ketones (excluding diaryl/α,β-unsaturated/α-hetero) is 1. The Morgan fingerprint density at radius 3 is 2.80 bits per heavy atom. The maximum Gasteiger partial charge on any atom is 0.164 e. The Morgan fingerprint density at radius 2 is 2.08 bits per heavy atom. The van der Waals surface area contributed by atoms with E-state index in [1.807, 2.05) is 6.92 Å². The quantitative estimate of drug-likeness (QED) is 0.744. The third-order valence-corrected chi connectivity index (χ3v) is 8.52. The van der Waals surface area contributed by atoms with Crippen LogP contribution in [-0.2, 0) is 14.3 Å². The number of rotatable bonds is 1. The number of ketones is 2. The van der Waals surface area contributed by atoms with E-state index in [0.29, 0.717) is 12.3 Å². The highest BCUT2D eigenvalue weighted by atomic mass is 16.6. The first kappa shape index (κ1) is 16.0. The largest absolute Gasteiger partial charge is 0.386 e. The van der Waals surface area contributed by atoms with Crippen LogP contribution in [0.25, 0.3) is 0 Å². The maximum atomic E-state index is 12.9. The molecule has 4 aliphatic carbocycles. The predicted octanol–water partition coefficient (Wildman–Crippen LogP) is 2.60. The van der Waals surface area contributed by atoms with Crippen molar-refractivity contribution in [2.75, 3.05) is 0 Å². The van der Waals surface area contributed by atoms with Gasteiger partial charge in [-0.25, -0.2) is 0 Å². The summed E-state index contributed by atoms with van der Waals surface area (Å²) < 4.78 is 6.04. The van der Waals surface area contributed by atoms with E-state index in [1.54, 1.807) is 19.1 Å². The molecule has 0 spiro atoms. The van der Waals surface area contributed by atoms with Crippen LogP contribution in [0.1, 0.15) is 46.5 Å². The van der Waals surface area contributed by atoms with Gasteiger partial charge in [0.1, 0.15) is 11.7 Å². The molecule has 1 aliphatic heterocycles. The number of hydrogen-bond acceptors (Lipinski definition) is 4. The normalized spacial score (nSPS) is 55.6. The van der Waals surface area contributed by atoms with Gasteiger partial charge in [0.05, 0.1) is 11.5 Å². The lowest BCUT2D eigenvalue weighted by Gasteiger charge is -2.59. The van der Waals surface area contributed by atoms with Gasteiger partial charge in [-0.15, -0.1) is 0 Å². The van der Waals surface area contributed by atoms with Gasteiger partial charge in [-0.2, -0.15) is 0 Å². The summed E-state index contributed by atoms with van der Waals surface area (Å²) in [7, 11) is 0.